The van der Waals surface area contributed by atoms with Gasteiger partial charge in [0.1, 0.15) is 5.69 Å². The number of hydrogen-bond donors (Lipinski definition) is 1. The van der Waals surface area contributed by atoms with E-state index in [-0.39, 0.29) is 23.1 Å². The Morgan fingerprint density at radius 2 is 1.92 bits per heavy atom. The van der Waals surface area contributed by atoms with Crippen LogP contribution < -0.4 is 11.3 Å². The van der Waals surface area contributed by atoms with Gasteiger partial charge in [-0.2, -0.15) is 5.10 Å². The van der Waals surface area contributed by atoms with Gasteiger partial charge in [0.15, 0.2) is 0 Å². The predicted octanol–water partition coefficient (Wildman–Crippen LogP) is 0.239. The van der Waals surface area contributed by atoms with E-state index < -0.39 is 5.91 Å². The van der Waals surface area contributed by atoms with Crippen molar-refractivity contribution < 1.29 is 9.59 Å². The van der Waals surface area contributed by atoms with Crippen LogP contribution >= 0.6 is 0 Å². The van der Waals surface area contributed by atoms with Crippen molar-refractivity contribution in [1.29, 1.82) is 0 Å². The molecule has 0 unspecified atom stereocenters. The van der Waals surface area contributed by atoms with E-state index in [1.54, 1.807) is 4.90 Å². The van der Waals surface area contributed by atoms with Crippen molar-refractivity contribution in [2.45, 2.75) is 13.0 Å². The molecule has 0 bridgehead atoms. The summed E-state index contributed by atoms with van der Waals surface area (Å²) in [6.45, 7) is 1.06. The standard InChI is InChI=1S/C17H18N4O3/c18-16(23)13-8-9-20(11-13)17(24)14-6-7-15(22)21(19-14)10-12-4-2-1-3-5-12/h1-7,13H,8-11H2,(H2,18,23)/t13-/m1/s1. The number of aromatic nitrogens is 2. The lowest BCUT2D eigenvalue weighted by Gasteiger charge is -2.16. The Morgan fingerprint density at radius 3 is 2.58 bits per heavy atom. The SMILES string of the molecule is NC(=O)[C@@H]1CCN(C(=O)c2ccc(=O)n(Cc3ccccc3)n2)C1. The van der Waals surface area contributed by atoms with Crippen LogP contribution in [0.2, 0.25) is 0 Å². The van der Waals surface area contributed by atoms with Crippen LogP contribution in [0.4, 0.5) is 0 Å². The molecule has 3 rings (SSSR count). The van der Waals surface area contributed by atoms with Gasteiger partial charge in [-0.15, -0.1) is 0 Å². The molecule has 0 aliphatic carbocycles. The molecule has 2 aromatic rings. The van der Waals surface area contributed by atoms with Crippen molar-refractivity contribution in [3.05, 3.63) is 64.1 Å². The summed E-state index contributed by atoms with van der Waals surface area (Å²) < 4.78 is 1.27. The Hall–Kier alpha value is -2.96. The minimum absolute atomic E-state index is 0.190. The smallest absolute Gasteiger partial charge is 0.274 e. The van der Waals surface area contributed by atoms with Crippen LogP contribution in [0.5, 0.6) is 0 Å². The van der Waals surface area contributed by atoms with Gasteiger partial charge in [-0.3, -0.25) is 14.4 Å². The van der Waals surface area contributed by atoms with E-state index in [4.69, 9.17) is 5.73 Å². The summed E-state index contributed by atoms with van der Waals surface area (Å²) in [5.41, 5.74) is 6.13. The molecule has 0 radical (unpaired) electrons. The van der Waals surface area contributed by atoms with Crippen molar-refractivity contribution in [2.24, 2.45) is 11.7 Å². The fraction of sp³-hybridized carbons (Fsp3) is 0.294. The highest BCUT2D eigenvalue weighted by Crippen LogP contribution is 2.17. The fourth-order valence-electron chi connectivity index (χ4n) is 2.77. The van der Waals surface area contributed by atoms with E-state index in [2.05, 4.69) is 5.10 Å². The van der Waals surface area contributed by atoms with Crippen LogP contribution in [0.3, 0.4) is 0 Å². The molecule has 1 aliphatic heterocycles. The number of benzene rings is 1. The summed E-state index contributed by atoms with van der Waals surface area (Å²) in [7, 11) is 0. The molecule has 0 saturated carbocycles. The molecule has 1 atom stereocenters. The van der Waals surface area contributed by atoms with Crippen molar-refractivity contribution in [3.63, 3.8) is 0 Å². The van der Waals surface area contributed by atoms with Gasteiger partial charge in [-0.25, -0.2) is 4.68 Å². The Morgan fingerprint density at radius 1 is 1.17 bits per heavy atom. The minimum atomic E-state index is -0.396. The highest BCUT2D eigenvalue weighted by molar-refractivity contribution is 5.93. The average Bonchev–Trinajstić information content (AvgIpc) is 3.07. The maximum Gasteiger partial charge on any atom is 0.274 e. The number of hydrogen-bond acceptors (Lipinski definition) is 4. The molecule has 2 amide bonds. The maximum atomic E-state index is 12.5. The maximum absolute atomic E-state index is 12.5. The summed E-state index contributed by atoms with van der Waals surface area (Å²) in [6.07, 6.45) is 0.560. The number of carbonyl (C=O) groups is 2. The van der Waals surface area contributed by atoms with Crippen molar-refractivity contribution >= 4 is 11.8 Å². The Balaban J connectivity index is 1.79. The molecule has 7 heteroatoms. The molecule has 24 heavy (non-hydrogen) atoms. The van der Waals surface area contributed by atoms with Gasteiger partial charge in [-0.05, 0) is 18.1 Å². The molecule has 7 nitrogen and oxygen atoms in total. The summed E-state index contributed by atoms with van der Waals surface area (Å²) in [5.74, 6) is -1.00. The predicted molar refractivity (Wildman–Crippen MR) is 87.2 cm³/mol. The highest BCUT2D eigenvalue weighted by atomic mass is 16.2. The Kier molecular flexibility index (Phi) is 4.41. The van der Waals surface area contributed by atoms with E-state index in [1.807, 2.05) is 30.3 Å². The highest BCUT2D eigenvalue weighted by Gasteiger charge is 2.30. The number of nitrogens with zero attached hydrogens (tertiary/aromatic N) is 3. The molecule has 1 aromatic carbocycles. The molecule has 1 fully saturated rings. The Bertz CT molecular complexity index is 816. The molecular formula is C17H18N4O3. The van der Waals surface area contributed by atoms with Gasteiger partial charge < -0.3 is 10.6 Å². The van der Waals surface area contributed by atoms with Crippen LogP contribution in [0.15, 0.2) is 47.3 Å². The van der Waals surface area contributed by atoms with Gasteiger partial charge in [-0.1, -0.05) is 30.3 Å². The normalized spacial score (nSPS) is 17.0. The third kappa shape index (κ3) is 3.34. The molecule has 1 saturated heterocycles. The molecule has 2 heterocycles. The molecular weight excluding hydrogens is 308 g/mol. The zero-order chi connectivity index (χ0) is 17.1. The summed E-state index contributed by atoms with van der Waals surface area (Å²) in [4.78, 5) is 37.3. The van der Waals surface area contributed by atoms with Crippen molar-refractivity contribution in [3.8, 4) is 0 Å². The van der Waals surface area contributed by atoms with Crippen LogP contribution in [0, 0.1) is 5.92 Å². The number of primary amides is 1. The largest absolute Gasteiger partial charge is 0.369 e. The zero-order valence-corrected chi connectivity index (χ0v) is 13.1. The fourth-order valence-corrected chi connectivity index (χ4v) is 2.77. The summed E-state index contributed by atoms with van der Waals surface area (Å²) in [6, 6.07) is 12.2. The zero-order valence-electron chi connectivity index (χ0n) is 13.1. The first-order valence-electron chi connectivity index (χ1n) is 7.75. The summed E-state index contributed by atoms with van der Waals surface area (Å²) in [5, 5.41) is 4.18. The quantitative estimate of drug-likeness (QED) is 0.870. The molecule has 1 aliphatic rings. The first-order valence-corrected chi connectivity index (χ1v) is 7.75. The van der Waals surface area contributed by atoms with E-state index in [0.29, 0.717) is 26.1 Å². The van der Waals surface area contributed by atoms with Gasteiger partial charge in [0.05, 0.1) is 12.5 Å². The minimum Gasteiger partial charge on any atom is -0.369 e. The first kappa shape index (κ1) is 15.9. The number of carbonyl (C=O) groups excluding carboxylic acids is 2. The molecule has 1 aromatic heterocycles. The third-order valence-corrected chi connectivity index (χ3v) is 4.14. The average molecular weight is 326 g/mol. The van der Waals surface area contributed by atoms with Crippen LogP contribution in [0.1, 0.15) is 22.5 Å². The van der Waals surface area contributed by atoms with Gasteiger partial charge >= 0.3 is 0 Å². The van der Waals surface area contributed by atoms with E-state index in [0.717, 1.165) is 5.56 Å². The second-order valence-electron chi connectivity index (χ2n) is 5.84. The molecule has 124 valence electrons. The lowest BCUT2D eigenvalue weighted by molar-refractivity contribution is -0.121. The van der Waals surface area contributed by atoms with Crippen molar-refractivity contribution in [2.75, 3.05) is 13.1 Å². The van der Waals surface area contributed by atoms with E-state index in [9.17, 15) is 14.4 Å². The molecule has 0 spiro atoms. The number of rotatable bonds is 4. The van der Waals surface area contributed by atoms with Gasteiger partial charge in [0.2, 0.25) is 5.91 Å². The molecule has 2 N–H and O–H groups in total. The Labute approximate surface area is 138 Å². The monoisotopic (exact) mass is 326 g/mol. The second-order valence-corrected chi connectivity index (χ2v) is 5.84. The van der Waals surface area contributed by atoms with Crippen LogP contribution in [0.25, 0.3) is 0 Å². The van der Waals surface area contributed by atoms with E-state index in [1.165, 1.54) is 16.8 Å². The summed E-state index contributed by atoms with van der Waals surface area (Å²) >= 11 is 0. The second kappa shape index (κ2) is 6.66. The number of amides is 2. The number of nitrogens with two attached hydrogens (primary N) is 1. The van der Waals surface area contributed by atoms with Crippen molar-refractivity contribution in [1.82, 2.24) is 14.7 Å². The first-order chi connectivity index (χ1) is 11.5. The topological polar surface area (TPSA) is 98.3 Å². The van der Waals surface area contributed by atoms with Crippen LogP contribution in [-0.2, 0) is 11.3 Å². The van der Waals surface area contributed by atoms with Crippen LogP contribution in [-0.4, -0.2) is 39.6 Å². The number of likely N-dealkylation sites (tertiary alicyclic amines) is 1. The third-order valence-electron chi connectivity index (χ3n) is 4.14. The van der Waals surface area contributed by atoms with E-state index >= 15 is 0 Å². The lowest BCUT2D eigenvalue weighted by atomic mass is 10.1. The lowest BCUT2D eigenvalue weighted by Crippen LogP contribution is -2.34. The van der Waals surface area contributed by atoms with Gasteiger partial charge in [0.25, 0.3) is 11.5 Å². The van der Waals surface area contributed by atoms with Gasteiger partial charge in [0, 0.05) is 19.2 Å².